The fourth-order valence-corrected chi connectivity index (χ4v) is 2.67. The summed E-state index contributed by atoms with van der Waals surface area (Å²) < 4.78 is 16.8. The third-order valence-corrected chi connectivity index (χ3v) is 3.89. The van der Waals surface area contributed by atoms with Crippen molar-refractivity contribution in [2.24, 2.45) is 0 Å². The first kappa shape index (κ1) is 13.5. The number of hydrogen-bond donors (Lipinski definition) is 1. The summed E-state index contributed by atoms with van der Waals surface area (Å²) in [4.78, 5) is 21.6. The molecular formula is C14H13O4P. The highest BCUT2D eigenvalue weighted by Gasteiger charge is 2.27. The lowest BCUT2D eigenvalue weighted by Crippen LogP contribution is -2.12. The molecule has 4 nitrogen and oxygen atoms in total. The van der Waals surface area contributed by atoms with Crippen molar-refractivity contribution < 1.29 is 18.8 Å². The van der Waals surface area contributed by atoms with Gasteiger partial charge in [0.05, 0.1) is 10.9 Å². The van der Waals surface area contributed by atoms with Crippen LogP contribution in [-0.2, 0) is 9.09 Å². The van der Waals surface area contributed by atoms with Gasteiger partial charge in [-0.15, -0.1) is 0 Å². The maximum absolute atomic E-state index is 12.1. The van der Waals surface area contributed by atoms with Crippen molar-refractivity contribution in [2.45, 2.75) is 6.92 Å². The van der Waals surface area contributed by atoms with E-state index in [1.165, 1.54) is 24.3 Å². The van der Waals surface area contributed by atoms with Crippen LogP contribution >= 0.6 is 7.60 Å². The van der Waals surface area contributed by atoms with E-state index in [0.717, 1.165) is 5.56 Å². The second-order valence-electron chi connectivity index (χ2n) is 4.10. The van der Waals surface area contributed by atoms with Crippen LogP contribution in [0.1, 0.15) is 15.9 Å². The van der Waals surface area contributed by atoms with Gasteiger partial charge in [0.25, 0.3) is 0 Å². The van der Waals surface area contributed by atoms with Gasteiger partial charge in [-0.25, -0.2) is 9.36 Å². The molecule has 0 fully saturated rings. The van der Waals surface area contributed by atoms with Gasteiger partial charge in [0.15, 0.2) is 0 Å². The monoisotopic (exact) mass is 276 g/mol. The minimum absolute atomic E-state index is 0.108. The Hall–Kier alpha value is -1.90. The second kappa shape index (κ2) is 5.39. The van der Waals surface area contributed by atoms with Crippen molar-refractivity contribution >= 4 is 18.9 Å². The third kappa shape index (κ3) is 3.31. The molecule has 2 aromatic rings. The van der Waals surface area contributed by atoms with Gasteiger partial charge in [-0.1, -0.05) is 35.9 Å². The first-order valence-corrected chi connectivity index (χ1v) is 7.26. The predicted octanol–water partition coefficient (Wildman–Crippen LogP) is 2.66. The van der Waals surface area contributed by atoms with Gasteiger partial charge < -0.3 is 9.42 Å². The van der Waals surface area contributed by atoms with Crippen LogP contribution < -0.4 is 5.30 Å². The zero-order valence-electron chi connectivity index (χ0n) is 10.3. The molecule has 0 saturated carbocycles. The van der Waals surface area contributed by atoms with E-state index in [-0.39, 0.29) is 10.9 Å². The van der Waals surface area contributed by atoms with Crippen molar-refractivity contribution in [3.05, 3.63) is 65.7 Å². The number of benzene rings is 2. The van der Waals surface area contributed by atoms with Crippen LogP contribution in [0.15, 0.2) is 54.6 Å². The summed E-state index contributed by atoms with van der Waals surface area (Å²) in [5.74, 6) is -0.812. The lowest BCUT2D eigenvalue weighted by atomic mass is 10.2. The standard InChI is InChI=1S/C14H13O4P/c1-11-6-5-9-13(10-11)19(16,17)18-14(15)12-7-3-2-4-8-12/h2-10H,1H3,(H,16,17). The van der Waals surface area contributed by atoms with Crippen LogP contribution in [-0.4, -0.2) is 10.9 Å². The van der Waals surface area contributed by atoms with Crippen molar-refractivity contribution in [1.29, 1.82) is 0 Å². The van der Waals surface area contributed by atoms with E-state index >= 15 is 0 Å². The molecule has 98 valence electrons. The van der Waals surface area contributed by atoms with Gasteiger partial charge in [-0.2, -0.15) is 0 Å². The number of rotatable bonds is 3. The molecule has 2 aromatic carbocycles. The molecule has 0 heterocycles. The first-order valence-electron chi connectivity index (χ1n) is 5.68. The minimum Gasteiger partial charge on any atom is -0.385 e. The van der Waals surface area contributed by atoms with Gasteiger partial charge in [-0.05, 0) is 31.2 Å². The van der Waals surface area contributed by atoms with Gasteiger partial charge in [-0.3, -0.25) is 0 Å². The van der Waals surface area contributed by atoms with E-state index in [0.29, 0.717) is 0 Å². The molecule has 0 radical (unpaired) electrons. The predicted molar refractivity (Wildman–Crippen MR) is 72.5 cm³/mol. The molecule has 0 aliphatic rings. The van der Waals surface area contributed by atoms with Crippen molar-refractivity contribution in [2.75, 3.05) is 0 Å². The SMILES string of the molecule is Cc1cccc(P(=O)(O)OC(=O)c2ccccc2)c1. The second-order valence-corrected chi connectivity index (χ2v) is 5.84. The van der Waals surface area contributed by atoms with E-state index in [9.17, 15) is 14.3 Å². The molecule has 0 saturated heterocycles. The summed E-state index contributed by atoms with van der Waals surface area (Å²) in [6.07, 6.45) is 0. The third-order valence-electron chi connectivity index (χ3n) is 2.54. The Bertz CT molecular complexity index is 637. The Balaban J connectivity index is 2.23. The number of aryl methyl sites for hydroxylation is 1. The lowest BCUT2D eigenvalue weighted by molar-refractivity contribution is 0.0723. The molecule has 0 amide bonds. The molecule has 0 bridgehead atoms. The fourth-order valence-electron chi connectivity index (χ4n) is 1.60. The number of carbonyl (C=O) groups is 1. The zero-order valence-corrected chi connectivity index (χ0v) is 11.2. The highest BCUT2D eigenvalue weighted by Crippen LogP contribution is 2.41. The largest absolute Gasteiger partial charge is 0.410 e. The molecule has 0 aromatic heterocycles. The summed E-state index contributed by atoms with van der Waals surface area (Å²) in [6, 6.07) is 14.5. The molecule has 19 heavy (non-hydrogen) atoms. The quantitative estimate of drug-likeness (QED) is 0.875. The molecule has 2 rings (SSSR count). The van der Waals surface area contributed by atoms with Crippen LogP contribution in [0.3, 0.4) is 0 Å². The van der Waals surface area contributed by atoms with Gasteiger partial charge >= 0.3 is 13.6 Å². The lowest BCUT2D eigenvalue weighted by Gasteiger charge is -2.12. The summed E-state index contributed by atoms with van der Waals surface area (Å²) in [6.45, 7) is 1.79. The highest BCUT2D eigenvalue weighted by molar-refractivity contribution is 7.61. The van der Waals surface area contributed by atoms with Crippen molar-refractivity contribution in [3.8, 4) is 0 Å². The van der Waals surface area contributed by atoms with Crippen LogP contribution in [0.5, 0.6) is 0 Å². The van der Waals surface area contributed by atoms with E-state index in [4.69, 9.17) is 4.52 Å². The molecule has 5 heteroatoms. The van der Waals surface area contributed by atoms with Crippen LogP contribution in [0.4, 0.5) is 0 Å². The van der Waals surface area contributed by atoms with Crippen LogP contribution in [0, 0.1) is 6.92 Å². The summed E-state index contributed by atoms with van der Waals surface area (Å²) in [5, 5.41) is 0.108. The molecule has 1 unspecified atom stereocenters. The van der Waals surface area contributed by atoms with Gasteiger partial charge in [0.2, 0.25) is 0 Å². The van der Waals surface area contributed by atoms with E-state index in [1.54, 1.807) is 37.3 Å². The van der Waals surface area contributed by atoms with Gasteiger partial charge in [0, 0.05) is 0 Å². The molecule has 1 N–H and O–H groups in total. The van der Waals surface area contributed by atoms with E-state index < -0.39 is 13.6 Å². The molecular weight excluding hydrogens is 263 g/mol. The summed E-state index contributed by atoms with van der Waals surface area (Å²) in [5.41, 5.74) is 1.06. The molecule has 0 aliphatic carbocycles. The smallest absolute Gasteiger partial charge is 0.385 e. The zero-order chi connectivity index (χ0) is 13.9. The Labute approximate surface area is 111 Å². The fraction of sp³-hybridized carbons (Fsp3) is 0.0714. The minimum atomic E-state index is -4.14. The maximum atomic E-state index is 12.1. The van der Waals surface area contributed by atoms with Crippen molar-refractivity contribution in [3.63, 3.8) is 0 Å². The summed E-state index contributed by atoms with van der Waals surface area (Å²) in [7, 11) is -4.14. The normalized spacial score (nSPS) is 13.6. The first-order chi connectivity index (χ1) is 8.99. The average molecular weight is 276 g/mol. The molecule has 1 atom stereocenters. The average Bonchev–Trinajstić information content (AvgIpc) is 2.39. The number of hydrogen-bond acceptors (Lipinski definition) is 3. The molecule has 0 aliphatic heterocycles. The topological polar surface area (TPSA) is 63.6 Å². The van der Waals surface area contributed by atoms with Crippen molar-refractivity contribution in [1.82, 2.24) is 0 Å². The maximum Gasteiger partial charge on any atom is 0.410 e. The van der Waals surface area contributed by atoms with Crippen LogP contribution in [0.2, 0.25) is 0 Å². The Morgan fingerprint density at radius 2 is 1.79 bits per heavy atom. The molecule has 0 spiro atoms. The Morgan fingerprint density at radius 3 is 2.42 bits per heavy atom. The Kier molecular flexibility index (Phi) is 3.84. The van der Waals surface area contributed by atoms with Gasteiger partial charge in [0.1, 0.15) is 0 Å². The Morgan fingerprint density at radius 1 is 1.11 bits per heavy atom. The highest BCUT2D eigenvalue weighted by atomic mass is 31.2. The van der Waals surface area contributed by atoms with Crippen LogP contribution in [0.25, 0.3) is 0 Å². The van der Waals surface area contributed by atoms with E-state index in [2.05, 4.69) is 0 Å². The number of carbonyl (C=O) groups excluding carboxylic acids is 1. The van der Waals surface area contributed by atoms with E-state index in [1.807, 2.05) is 0 Å². The summed E-state index contributed by atoms with van der Waals surface area (Å²) >= 11 is 0.